The van der Waals surface area contributed by atoms with Crippen molar-refractivity contribution in [3.05, 3.63) is 0 Å². The molecule has 1 aliphatic rings. The van der Waals surface area contributed by atoms with Crippen LogP contribution >= 0.6 is 0 Å². The zero-order chi connectivity index (χ0) is 11.1. The highest BCUT2D eigenvalue weighted by molar-refractivity contribution is 5.75. The van der Waals surface area contributed by atoms with Gasteiger partial charge < -0.3 is 15.1 Å². The van der Waals surface area contributed by atoms with Crippen LogP contribution in [-0.2, 0) is 0 Å². The summed E-state index contributed by atoms with van der Waals surface area (Å²) in [5.74, 6) is 5.25. The predicted molar refractivity (Wildman–Crippen MR) is 61.6 cm³/mol. The monoisotopic (exact) mass is 214 g/mol. The van der Waals surface area contributed by atoms with Crippen molar-refractivity contribution in [1.29, 1.82) is 5.41 Å². The lowest BCUT2D eigenvalue weighted by molar-refractivity contribution is 0.153. The van der Waals surface area contributed by atoms with E-state index in [1.807, 2.05) is 0 Å². The van der Waals surface area contributed by atoms with Gasteiger partial charge in [0.1, 0.15) is 0 Å². The van der Waals surface area contributed by atoms with E-state index in [4.69, 9.17) is 11.3 Å². The van der Waals surface area contributed by atoms with E-state index in [0.29, 0.717) is 0 Å². The molecular weight excluding hydrogens is 192 g/mol. The minimum Gasteiger partial charge on any atom is -0.355 e. The van der Waals surface area contributed by atoms with Crippen LogP contribution in [0, 0.1) is 5.41 Å². The van der Waals surface area contributed by atoms with Crippen LogP contribution in [0.3, 0.4) is 0 Å². The summed E-state index contributed by atoms with van der Waals surface area (Å²) in [6.45, 7) is 6.53. The zero-order valence-corrected chi connectivity index (χ0v) is 9.42. The number of nitrogens with zero attached hydrogens (tertiary/aromatic N) is 2. The summed E-state index contributed by atoms with van der Waals surface area (Å²) in [7, 11) is 2.16. The van der Waals surface area contributed by atoms with E-state index in [0.717, 1.165) is 45.7 Å². The average molecular weight is 214 g/mol. The molecule has 1 heterocycles. The smallest absolute Gasteiger partial charge is 0.202 e. The number of piperazine rings is 1. The molecule has 0 spiro atoms. The molecular formula is C9H22N6. The summed E-state index contributed by atoms with van der Waals surface area (Å²) in [5.41, 5.74) is 2.26. The Morgan fingerprint density at radius 1 is 1.33 bits per heavy atom. The van der Waals surface area contributed by atoms with Gasteiger partial charge in [-0.2, -0.15) is 0 Å². The fourth-order valence-corrected chi connectivity index (χ4v) is 1.64. The van der Waals surface area contributed by atoms with Crippen LogP contribution in [-0.4, -0.2) is 62.1 Å². The van der Waals surface area contributed by atoms with Crippen LogP contribution in [0.15, 0.2) is 0 Å². The molecule has 1 saturated heterocycles. The van der Waals surface area contributed by atoms with Crippen molar-refractivity contribution in [2.45, 2.75) is 6.42 Å². The predicted octanol–water partition coefficient (Wildman–Crippen LogP) is -1.39. The first-order chi connectivity index (χ1) is 7.22. The Morgan fingerprint density at radius 2 is 2.00 bits per heavy atom. The summed E-state index contributed by atoms with van der Waals surface area (Å²) in [6.07, 6.45) is 1.05. The molecule has 1 aliphatic heterocycles. The van der Waals surface area contributed by atoms with Crippen LogP contribution in [0.25, 0.3) is 0 Å². The van der Waals surface area contributed by atoms with Crippen molar-refractivity contribution in [2.75, 3.05) is 46.3 Å². The third-order valence-corrected chi connectivity index (χ3v) is 2.69. The minimum absolute atomic E-state index is 0.188. The first-order valence-electron chi connectivity index (χ1n) is 5.42. The van der Waals surface area contributed by atoms with Gasteiger partial charge in [0.15, 0.2) is 0 Å². The van der Waals surface area contributed by atoms with Crippen molar-refractivity contribution in [1.82, 2.24) is 20.5 Å². The van der Waals surface area contributed by atoms with Crippen LogP contribution in [0.5, 0.6) is 0 Å². The second kappa shape index (κ2) is 6.60. The summed E-state index contributed by atoms with van der Waals surface area (Å²) >= 11 is 0. The molecule has 0 unspecified atom stereocenters. The molecule has 0 atom stereocenters. The largest absolute Gasteiger partial charge is 0.355 e. The maximum atomic E-state index is 7.22. The van der Waals surface area contributed by atoms with E-state index < -0.39 is 0 Å². The van der Waals surface area contributed by atoms with Gasteiger partial charge in [0.2, 0.25) is 5.96 Å². The second-order valence-electron chi connectivity index (χ2n) is 3.94. The van der Waals surface area contributed by atoms with Crippen molar-refractivity contribution < 1.29 is 0 Å². The summed E-state index contributed by atoms with van der Waals surface area (Å²) < 4.78 is 0. The zero-order valence-electron chi connectivity index (χ0n) is 9.42. The number of rotatable bonds is 4. The Hall–Kier alpha value is -0.850. The van der Waals surface area contributed by atoms with Crippen LogP contribution in [0.4, 0.5) is 0 Å². The molecule has 0 aromatic carbocycles. The Kier molecular flexibility index (Phi) is 5.38. The van der Waals surface area contributed by atoms with Crippen LogP contribution in [0.1, 0.15) is 6.42 Å². The fourth-order valence-electron chi connectivity index (χ4n) is 1.64. The quantitative estimate of drug-likeness (QED) is 0.152. The van der Waals surface area contributed by atoms with Crippen molar-refractivity contribution in [2.24, 2.45) is 5.84 Å². The standard InChI is InChI=1S/C9H22N6/c1-14-5-7-15(8-6-14)4-2-3-12-9(10)13-11/h2-8,11H2,1H3,(H3,10,12,13). The molecule has 1 fully saturated rings. The highest BCUT2D eigenvalue weighted by atomic mass is 15.3. The highest BCUT2D eigenvalue weighted by Gasteiger charge is 2.12. The Labute approximate surface area is 91.3 Å². The van der Waals surface area contributed by atoms with Crippen LogP contribution < -0.4 is 16.6 Å². The number of nitrogens with one attached hydrogen (secondary N) is 3. The Balaban J connectivity index is 1.98. The molecule has 0 radical (unpaired) electrons. The lowest BCUT2D eigenvalue weighted by Crippen LogP contribution is -2.45. The van der Waals surface area contributed by atoms with Crippen molar-refractivity contribution >= 4 is 5.96 Å². The molecule has 0 aromatic rings. The van der Waals surface area contributed by atoms with Crippen LogP contribution in [0.2, 0.25) is 0 Å². The van der Waals surface area contributed by atoms with Gasteiger partial charge in [-0.15, -0.1) is 0 Å². The molecule has 88 valence electrons. The molecule has 0 aliphatic carbocycles. The maximum absolute atomic E-state index is 7.22. The molecule has 6 heteroatoms. The molecule has 0 aromatic heterocycles. The number of hydrazine groups is 1. The maximum Gasteiger partial charge on any atom is 0.202 e. The van der Waals surface area contributed by atoms with E-state index in [9.17, 15) is 0 Å². The molecule has 5 N–H and O–H groups in total. The van der Waals surface area contributed by atoms with Gasteiger partial charge in [-0.3, -0.25) is 10.8 Å². The van der Waals surface area contributed by atoms with Gasteiger partial charge in [-0.1, -0.05) is 0 Å². The van der Waals surface area contributed by atoms with E-state index in [1.165, 1.54) is 0 Å². The first kappa shape index (κ1) is 12.2. The minimum atomic E-state index is 0.188. The fraction of sp³-hybridized carbons (Fsp3) is 0.889. The Morgan fingerprint density at radius 3 is 2.60 bits per heavy atom. The van der Waals surface area contributed by atoms with Gasteiger partial charge in [0.25, 0.3) is 0 Å². The lowest BCUT2D eigenvalue weighted by atomic mass is 10.3. The molecule has 0 saturated carbocycles. The molecule has 1 rings (SSSR count). The molecule has 0 bridgehead atoms. The molecule has 6 nitrogen and oxygen atoms in total. The third kappa shape index (κ3) is 4.96. The van der Waals surface area contributed by atoms with E-state index in [-0.39, 0.29) is 5.96 Å². The van der Waals surface area contributed by atoms with Gasteiger partial charge in [0, 0.05) is 32.7 Å². The van der Waals surface area contributed by atoms with Crippen molar-refractivity contribution in [3.8, 4) is 0 Å². The van der Waals surface area contributed by atoms with E-state index >= 15 is 0 Å². The highest BCUT2D eigenvalue weighted by Crippen LogP contribution is 1.99. The van der Waals surface area contributed by atoms with E-state index in [2.05, 4.69) is 27.6 Å². The first-order valence-corrected chi connectivity index (χ1v) is 5.42. The Bertz CT molecular complexity index is 187. The van der Waals surface area contributed by atoms with Gasteiger partial charge >= 0.3 is 0 Å². The number of guanidine groups is 1. The van der Waals surface area contributed by atoms with Gasteiger partial charge in [-0.25, -0.2) is 5.84 Å². The SMILES string of the molecule is CN1CCN(CCCNC(=N)NN)CC1. The van der Waals surface area contributed by atoms with Gasteiger partial charge in [0.05, 0.1) is 0 Å². The summed E-state index contributed by atoms with van der Waals surface area (Å²) in [4.78, 5) is 4.81. The topological polar surface area (TPSA) is 80.4 Å². The number of hydrogen-bond acceptors (Lipinski definition) is 4. The molecule has 0 amide bonds. The lowest BCUT2D eigenvalue weighted by Gasteiger charge is -2.32. The number of likely N-dealkylation sites (N-methyl/N-ethyl adjacent to an activating group) is 1. The summed E-state index contributed by atoms with van der Waals surface area (Å²) in [6, 6.07) is 0. The molecule has 15 heavy (non-hydrogen) atoms. The van der Waals surface area contributed by atoms with E-state index in [1.54, 1.807) is 0 Å². The summed E-state index contributed by atoms with van der Waals surface area (Å²) in [5, 5.41) is 10.1. The third-order valence-electron chi connectivity index (χ3n) is 2.69. The average Bonchev–Trinajstić information content (AvgIpc) is 2.26. The normalized spacial score (nSPS) is 18.8. The second-order valence-corrected chi connectivity index (χ2v) is 3.94. The number of nitrogens with two attached hydrogens (primary N) is 1. The number of hydrogen-bond donors (Lipinski definition) is 4. The van der Waals surface area contributed by atoms with Crippen molar-refractivity contribution in [3.63, 3.8) is 0 Å². The van der Waals surface area contributed by atoms with Gasteiger partial charge in [-0.05, 0) is 20.0 Å².